The minimum absolute atomic E-state index is 0.340. The van der Waals surface area contributed by atoms with Gasteiger partial charge in [0.2, 0.25) is 0 Å². The molecule has 3 unspecified atom stereocenters. The summed E-state index contributed by atoms with van der Waals surface area (Å²) in [7, 11) is 1.97. The lowest BCUT2D eigenvalue weighted by molar-refractivity contribution is -0.0527. The summed E-state index contributed by atoms with van der Waals surface area (Å²) in [5.74, 6) is 1.07. The molecule has 1 N–H and O–H groups in total. The van der Waals surface area contributed by atoms with E-state index in [1.807, 2.05) is 23.9 Å². The summed E-state index contributed by atoms with van der Waals surface area (Å²) in [6.07, 6.45) is 3.79. The molecule has 0 spiro atoms. The van der Waals surface area contributed by atoms with Crippen molar-refractivity contribution < 1.29 is 5.11 Å². The molecule has 0 amide bonds. The maximum atomic E-state index is 11.0. The molecule has 3 heteroatoms. The Morgan fingerprint density at radius 3 is 2.85 bits per heavy atom. The normalized spacial score (nSPS) is 30.8. The van der Waals surface area contributed by atoms with Crippen molar-refractivity contribution in [3.63, 3.8) is 0 Å². The van der Waals surface area contributed by atoms with Crippen LogP contribution in [0.15, 0.2) is 24.3 Å². The minimum atomic E-state index is -0.594. The number of aliphatic hydroxyl groups is 1. The summed E-state index contributed by atoms with van der Waals surface area (Å²) in [5, 5.41) is 16.8. The maximum Gasteiger partial charge on any atom is 0.0731 e. The first-order chi connectivity index (χ1) is 9.49. The standard InChI is InChI=1S/C17H24N2O/c1-12-8-9-17(20,13(2)10-12)11-15-14-6-4-5-7-16(14)19(3)18-15/h4-7,12-13,20H,8-11H2,1-3H3. The van der Waals surface area contributed by atoms with Crippen LogP contribution in [-0.4, -0.2) is 20.5 Å². The smallest absolute Gasteiger partial charge is 0.0731 e. The number of aryl methyl sites for hydroxylation is 1. The number of aromatic nitrogens is 2. The molecule has 20 heavy (non-hydrogen) atoms. The van der Waals surface area contributed by atoms with Crippen LogP contribution in [-0.2, 0) is 13.5 Å². The van der Waals surface area contributed by atoms with E-state index in [2.05, 4.69) is 31.1 Å². The first-order valence-corrected chi connectivity index (χ1v) is 7.62. The SMILES string of the molecule is CC1CCC(O)(Cc2nn(C)c3ccccc23)C(C)C1. The van der Waals surface area contributed by atoms with Gasteiger partial charge in [0, 0.05) is 18.9 Å². The monoisotopic (exact) mass is 272 g/mol. The van der Waals surface area contributed by atoms with Gasteiger partial charge >= 0.3 is 0 Å². The van der Waals surface area contributed by atoms with E-state index in [-0.39, 0.29) is 0 Å². The van der Waals surface area contributed by atoms with Gasteiger partial charge in [0.05, 0.1) is 16.8 Å². The third kappa shape index (κ3) is 2.24. The molecule has 1 saturated carbocycles. The van der Waals surface area contributed by atoms with Crippen molar-refractivity contribution in [3.8, 4) is 0 Å². The van der Waals surface area contributed by atoms with E-state index in [1.165, 1.54) is 5.39 Å². The molecular formula is C17H24N2O. The summed E-state index contributed by atoms with van der Waals surface area (Å²) >= 11 is 0. The van der Waals surface area contributed by atoms with Gasteiger partial charge in [0.15, 0.2) is 0 Å². The first kappa shape index (κ1) is 13.6. The van der Waals surface area contributed by atoms with Crippen LogP contribution in [0, 0.1) is 11.8 Å². The van der Waals surface area contributed by atoms with E-state index >= 15 is 0 Å². The maximum absolute atomic E-state index is 11.0. The van der Waals surface area contributed by atoms with Crippen LogP contribution in [0.1, 0.15) is 38.8 Å². The van der Waals surface area contributed by atoms with Crippen molar-refractivity contribution in [2.24, 2.45) is 18.9 Å². The van der Waals surface area contributed by atoms with Crippen LogP contribution in [0.2, 0.25) is 0 Å². The number of para-hydroxylation sites is 1. The second-order valence-electron chi connectivity index (χ2n) is 6.65. The van der Waals surface area contributed by atoms with E-state index < -0.39 is 5.60 Å². The average Bonchev–Trinajstić information content (AvgIpc) is 2.72. The zero-order valence-electron chi connectivity index (χ0n) is 12.6. The number of benzene rings is 1. The molecule has 108 valence electrons. The Kier molecular flexibility index (Phi) is 3.33. The second-order valence-corrected chi connectivity index (χ2v) is 6.65. The molecule has 0 aliphatic heterocycles. The molecule has 3 atom stereocenters. The number of rotatable bonds is 2. The van der Waals surface area contributed by atoms with Gasteiger partial charge in [-0.2, -0.15) is 5.10 Å². The lowest BCUT2D eigenvalue weighted by Crippen LogP contribution is -2.43. The van der Waals surface area contributed by atoms with Gasteiger partial charge in [0.25, 0.3) is 0 Å². The fourth-order valence-corrected chi connectivity index (χ4v) is 3.66. The number of nitrogens with zero attached hydrogens (tertiary/aromatic N) is 2. The molecule has 1 aliphatic rings. The van der Waals surface area contributed by atoms with E-state index in [0.717, 1.165) is 36.4 Å². The highest BCUT2D eigenvalue weighted by Gasteiger charge is 2.39. The molecule has 1 aromatic carbocycles. The number of hydrogen-bond acceptors (Lipinski definition) is 2. The molecule has 0 saturated heterocycles. The molecule has 1 aromatic heterocycles. The number of hydrogen-bond donors (Lipinski definition) is 1. The zero-order chi connectivity index (χ0) is 14.3. The number of fused-ring (bicyclic) bond motifs is 1. The van der Waals surface area contributed by atoms with E-state index in [1.54, 1.807) is 0 Å². The molecule has 1 fully saturated rings. The van der Waals surface area contributed by atoms with Crippen molar-refractivity contribution in [2.75, 3.05) is 0 Å². The summed E-state index contributed by atoms with van der Waals surface area (Å²) in [6.45, 7) is 4.47. The van der Waals surface area contributed by atoms with E-state index in [4.69, 9.17) is 0 Å². The Balaban J connectivity index is 1.93. The van der Waals surface area contributed by atoms with Gasteiger partial charge in [-0.25, -0.2) is 0 Å². The average molecular weight is 272 g/mol. The van der Waals surface area contributed by atoms with Crippen LogP contribution in [0.5, 0.6) is 0 Å². The molecule has 0 bridgehead atoms. The highest BCUT2D eigenvalue weighted by molar-refractivity contribution is 5.81. The molecule has 0 radical (unpaired) electrons. The van der Waals surface area contributed by atoms with Gasteiger partial charge in [-0.05, 0) is 37.2 Å². The molecule has 1 aliphatic carbocycles. The van der Waals surface area contributed by atoms with Crippen LogP contribution >= 0.6 is 0 Å². The van der Waals surface area contributed by atoms with Crippen LogP contribution in [0.4, 0.5) is 0 Å². The van der Waals surface area contributed by atoms with Crippen molar-refractivity contribution >= 4 is 10.9 Å². The van der Waals surface area contributed by atoms with Crippen molar-refractivity contribution in [3.05, 3.63) is 30.0 Å². The largest absolute Gasteiger partial charge is 0.389 e. The Bertz CT molecular complexity index is 618. The Morgan fingerprint density at radius 2 is 2.10 bits per heavy atom. The third-order valence-electron chi connectivity index (χ3n) is 5.05. The lowest BCUT2D eigenvalue weighted by atomic mass is 9.70. The first-order valence-electron chi connectivity index (χ1n) is 7.62. The van der Waals surface area contributed by atoms with E-state index in [0.29, 0.717) is 12.3 Å². The van der Waals surface area contributed by atoms with Crippen LogP contribution in [0.3, 0.4) is 0 Å². The Labute approximate surface area is 120 Å². The van der Waals surface area contributed by atoms with Gasteiger partial charge in [-0.15, -0.1) is 0 Å². The Hall–Kier alpha value is -1.35. The van der Waals surface area contributed by atoms with Crippen LogP contribution in [0.25, 0.3) is 10.9 Å². The topological polar surface area (TPSA) is 38.1 Å². The summed E-state index contributed by atoms with van der Waals surface area (Å²) < 4.78 is 1.92. The zero-order valence-corrected chi connectivity index (χ0v) is 12.6. The fourth-order valence-electron chi connectivity index (χ4n) is 3.66. The van der Waals surface area contributed by atoms with Crippen molar-refractivity contribution in [2.45, 2.75) is 45.1 Å². The predicted molar refractivity (Wildman–Crippen MR) is 81.5 cm³/mol. The van der Waals surface area contributed by atoms with Crippen molar-refractivity contribution in [1.29, 1.82) is 0 Å². The molecule has 3 nitrogen and oxygen atoms in total. The quantitative estimate of drug-likeness (QED) is 0.911. The molecular weight excluding hydrogens is 248 g/mol. The molecule has 3 rings (SSSR count). The predicted octanol–water partition coefficient (Wildman–Crippen LogP) is 3.30. The summed E-state index contributed by atoms with van der Waals surface area (Å²) in [6, 6.07) is 8.27. The fraction of sp³-hybridized carbons (Fsp3) is 0.588. The second kappa shape index (κ2) is 4.88. The minimum Gasteiger partial charge on any atom is -0.389 e. The van der Waals surface area contributed by atoms with Crippen molar-refractivity contribution in [1.82, 2.24) is 9.78 Å². The van der Waals surface area contributed by atoms with Gasteiger partial charge in [-0.3, -0.25) is 4.68 Å². The van der Waals surface area contributed by atoms with Gasteiger partial charge in [0.1, 0.15) is 0 Å². The van der Waals surface area contributed by atoms with E-state index in [9.17, 15) is 5.11 Å². The lowest BCUT2D eigenvalue weighted by Gasteiger charge is -2.40. The summed E-state index contributed by atoms with van der Waals surface area (Å²) in [5.41, 5.74) is 1.58. The Morgan fingerprint density at radius 1 is 1.35 bits per heavy atom. The molecule has 1 heterocycles. The van der Waals surface area contributed by atoms with Gasteiger partial charge < -0.3 is 5.11 Å². The highest BCUT2D eigenvalue weighted by atomic mass is 16.3. The summed E-state index contributed by atoms with van der Waals surface area (Å²) in [4.78, 5) is 0. The molecule has 2 aromatic rings. The van der Waals surface area contributed by atoms with Crippen LogP contribution < -0.4 is 0 Å². The third-order valence-corrected chi connectivity index (χ3v) is 5.05. The highest BCUT2D eigenvalue weighted by Crippen LogP contribution is 2.39. The van der Waals surface area contributed by atoms with Gasteiger partial charge in [-0.1, -0.05) is 32.0 Å².